The first-order valence-corrected chi connectivity index (χ1v) is 11.1. The molecule has 1 atom stereocenters. The number of hydrogen-bond donors (Lipinski definition) is 2. The van der Waals surface area contributed by atoms with Crippen LogP contribution in [0.2, 0.25) is 0 Å². The van der Waals surface area contributed by atoms with Crippen molar-refractivity contribution in [3.8, 4) is 0 Å². The smallest absolute Gasteiger partial charge is 0.272 e. The van der Waals surface area contributed by atoms with Crippen molar-refractivity contribution in [2.24, 2.45) is 7.05 Å². The van der Waals surface area contributed by atoms with Crippen LogP contribution >= 0.6 is 11.8 Å². The zero-order valence-corrected chi connectivity index (χ0v) is 17.7. The Hall–Kier alpha value is -3.13. The van der Waals surface area contributed by atoms with Gasteiger partial charge in [0.25, 0.3) is 5.56 Å². The molecule has 0 fully saturated rings. The highest BCUT2D eigenvalue weighted by Gasteiger charge is 2.21. The van der Waals surface area contributed by atoms with Gasteiger partial charge in [0.15, 0.2) is 0 Å². The number of carbonyl (C=O) groups is 1. The van der Waals surface area contributed by atoms with Gasteiger partial charge in [-0.15, -0.1) is 0 Å². The zero-order chi connectivity index (χ0) is 21.1. The maximum Gasteiger partial charge on any atom is 0.272 e. The number of aryl methyl sites for hydroxylation is 1. The quantitative estimate of drug-likeness (QED) is 0.479. The van der Waals surface area contributed by atoms with Crippen molar-refractivity contribution in [2.45, 2.75) is 18.9 Å². The van der Waals surface area contributed by atoms with Gasteiger partial charge in [-0.2, -0.15) is 16.9 Å². The number of thioether (sulfide) groups is 1. The summed E-state index contributed by atoms with van der Waals surface area (Å²) in [6.45, 7) is 0. The fourth-order valence-electron chi connectivity index (χ4n) is 3.68. The van der Waals surface area contributed by atoms with Gasteiger partial charge in [0.05, 0.1) is 34.6 Å². The topological polar surface area (TPSA) is 92.7 Å². The number of fused-ring (bicyclic) bond motifs is 2. The summed E-state index contributed by atoms with van der Waals surface area (Å²) in [5, 5.41) is 11.0. The summed E-state index contributed by atoms with van der Waals surface area (Å²) in [6.07, 6.45) is 2.89. The maximum atomic E-state index is 12.9. The first kappa shape index (κ1) is 20.2. The first-order valence-electron chi connectivity index (χ1n) is 9.74. The van der Waals surface area contributed by atoms with E-state index in [2.05, 4.69) is 15.5 Å². The van der Waals surface area contributed by atoms with Crippen LogP contribution < -0.4 is 10.9 Å². The molecule has 4 aromatic rings. The van der Waals surface area contributed by atoms with E-state index in [0.29, 0.717) is 16.5 Å². The third-order valence-electron chi connectivity index (χ3n) is 5.18. The Labute approximate surface area is 177 Å². The Morgan fingerprint density at radius 1 is 1.17 bits per heavy atom. The SMILES string of the molecule is CSCC[C@@H](NC(=O)Cc1n[nH]c(=O)c2ccccc12)c1nc2ccccc2n1C. The molecule has 0 saturated heterocycles. The number of hydrogen-bond acceptors (Lipinski definition) is 5. The van der Waals surface area contributed by atoms with Crippen LogP contribution in [0.15, 0.2) is 53.3 Å². The lowest BCUT2D eigenvalue weighted by molar-refractivity contribution is -0.121. The van der Waals surface area contributed by atoms with Crippen LogP contribution in [0.1, 0.15) is 24.0 Å². The molecule has 0 unspecified atom stereocenters. The second-order valence-corrected chi connectivity index (χ2v) is 8.13. The lowest BCUT2D eigenvalue weighted by Gasteiger charge is -2.18. The second kappa shape index (κ2) is 8.71. The molecular formula is C22H23N5O2S. The van der Waals surface area contributed by atoms with E-state index in [-0.39, 0.29) is 23.9 Å². The van der Waals surface area contributed by atoms with E-state index < -0.39 is 0 Å². The number of nitrogens with one attached hydrogen (secondary N) is 2. The number of H-pyrrole nitrogens is 1. The Morgan fingerprint density at radius 2 is 1.90 bits per heavy atom. The lowest BCUT2D eigenvalue weighted by atomic mass is 10.1. The minimum absolute atomic E-state index is 0.0804. The number of aromatic nitrogens is 4. The van der Waals surface area contributed by atoms with Crippen molar-refractivity contribution in [2.75, 3.05) is 12.0 Å². The van der Waals surface area contributed by atoms with Gasteiger partial charge in [0.2, 0.25) is 5.91 Å². The van der Waals surface area contributed by atoms with Crippen molar-refractivity contribution in [3.05, 3.63) is 70.4 Å². The minimum Gasteiger partial charge on any atom is -0.346 e. The molecule has 8 heteroatoms. The predicted octanol–water partition coefficient (Wildman–Crippen LogP) is 2.96. The van der Waals surface area contributed by atoms with Crippen LogP contribution in [0.25, 0.3) is 21.8 Å². The van der Waals surface area contributed by atoms with E-state index >= 15 is 0 Å². The number of aromatic amines is 1. The van der Waals surface area contributed by atoms with Crippen LogP contribution in [0.4, 0.5) is 0 Å². The van der Waals surface area contributed by atoms with E-state index in [1.54, 1.807) is 23.9 Å². The van der Waals surface area contributed by atoms with Gasteiger partial charge >= 0.3 is 0 Å². The second-order valence-electron chi connectivity index (χ2n) is 7.14. The van der Waals surface area contributed by atoms with E-state index in [1.165, 1.54) is 0 Å². The largest absolute Gasteiger partial charge is 0.346 e. The van der Waals surface area contributed by atoms with Gasteiger partial charge in [-0.05, 0) is 36.6 Å². The molecule has 2 heterocycles. The average Bonchev–Trinajstić information content (AvgIpc) is 3.10. The van der Waals surface area contributed by atoms with Crippen LogP contribution in [-0.2, 0) is 18.3 Å². The molecule has 0 aliphatic heterocycles. The van der Waals surface area contributed by atoms with Crippen LogP contribution in [0.3, 0.4) is 0 Å². The van der Waals surface area contributed by atoms with Crippen LogP contribution in [0, 0.1) is 0 Å². The zero-order valence-electron chi connectivity index (χ0n) is 16.9. The number of carbonyl (C=O) groups excluding carboxylic acids is 1. The van der Waals surface area contributed by atoms with Crippen molar-refractivity contribution in [3.63, 3.8) is 0 Å². The Balaban J connectivity index is 1.61. The summed E-state index contributed by atoms with van der Waals surface area (Å²) in [7, 11) is 1.97. The first-order chi connectivity index (χ1) is 14.6. The number of imidazole rings is 1. The highest BCUT2D eigenvalue weighted by molar-refractivity contribution is 7.98. The molecule has 30 heavy (non-hydrogen) atoms. The molecule has 0 bridgehead atoms. The molecule has 0 aliphatic rings. The number of para-hydroxylation sites is 2. The summed E-state index contributed by atoms with van der Waals surface area (Å²) in [5.74, 6) is 1.57. The summed E-state index contributed by atoms with van der Waals surface area (Å²) in [6, 6.07) is 14.9. The number of benzene rings is 2. The van der Waals surface area contributed by atoms with Crippen molar-refractivity contribution >= 4 is 39.5 Å². The van der Waals surface area contributed by atoms with Crippen LogP contribution in [0.5, 0.6) is 0 Å². The summed E-state index contributed by atoms with van der Waals surface area (Å²) in [4.78, 5) is 29.7. The van der Waals surface area contributed by atoms with Crippen LogP contribution in [-0.4, -0.2) is 37.7 Å². The van der Waals surface area contributed by atoms with Crippen molar-refractivity contribution in [1.82, 2.24) is 25.1 Å². The molecular weight excluding hydrogens is 398 g/mol. The Morgan fingerprint density at radius 3 is 2.67 bits per heavy atom. The maximum absolute atomic E-state index is 12.9. The fraction of sp³-hybridized carbons (Fsp3) is 0.273. The van der Waals surface area contributed by atoms with Crippen molar-refractivity contribution < 1.29 is 4.79 Å². The standard InChI is InChI=1S/C22H23N5O2S/c1-27-19-10-6-5-9-16(19)24-21(27)17(11-12-30-2)23-20(28)13-18-14-7-3-4-8-15(14)22(29)26-25-18/h3-10,17H,11-13H2,1-2H3,(H,23,28)(H,26,29)/t17-/m1/s1. The normalized spacial score (nSPS) is 12.3. The highest BCUT2D eigenvalue weighted by atomic mass is 32.2. The van der Waals surface area contributed by atoms with E-state index in [0.717, 1.165) is 29.0 Å². The summed E-state index contributed by atoms with van der Waals surface area (Å²) in [5.41, 5.74) is 2.24. The van der Waals surface area contributed by atoms with Gasteiger partial charge in [0.1, 0.15) is 5.82 Å². The van der Waals surface area contributed by atoms with Crippen molar-refractivity contribution in [1.29, 1.82) is 0 Å². The Bertz CT molecular complexity index is 1260. The molecule has 154 valence electrons. The molecule has 2 N–H and O–H groups in total. The highest BCUT2D eigenvalue weighted by Crippen LogP contribution is 2.23. The molecule has 0 saturated carbocycles. The minimum atomic E-state index is -0.257. The summed E-state index contributed by atoms with van der Waals surface area (Å²) < 4.78 is 2.04. The van der Waals surface area contributed by atoms with E-state index in [4.69, 9.17) is 4.98 Å². The monoisotopic (exact) mass is 421 g/mol. The third-order valence-corrected chi connectivity index (χ3v) is 5.83. The summed E-state index contributed by atoms with van der Waals surface area (Å²) >= 11 is 1.73. The lowest BCUT2D eigenvalue weighted by Crippen LogP contribution is -2.32. The molecule has 4 rings (SSSR count). The molecule has 2 aromatic heterocycles. The van der Waals surface area contributed by atoms with E-state index in [1.807, 2.05) is 54.3 Å². The number of rotatable bonds is 7. The van der Waals surface area contributed by atoms with Gasteiger partial charge in [-0.3, -0.25) is 9.59 Å². The molecule has 7 nitrogen and oxygen atoms in total. The number of amides is 1. The van der Waals surface area contributed by atoms with Gasteiger partial charge in [-0.1, -0.05) is 30.3 Å². The molecule has 0 spiro atoms. The molecule has 1 amide bonds. The van der Waals surface area contributed by atoms with Gasteiger partial charge in [-0.25, -0.2) is 10.1 Å². The number of nitrogens with zero attached hydrogens (tertiary/aromatic N) is 3. The third kappa shape index (κ3) is 3.95. The predicted molar refractivity (Wildman–Crippen MR) is 121 cm³/mol. The van der Waals surface area contributed by atoms with Gasteiger partial charge in [0, 0.05) is 12.4 Å². The molecule has 0 radical (unpaired) electrons. The van der Waals surface area contributed by atoms with E-state index in [9.17, 15) is 9.59 Å². The van der Waals surface area contributed by atoms with Gasteiger partial charge < -0.3 is 9.88 Å². The molecule has 2 aromatic carbocycles. The fourth-order valence-corrected chi connectivity index (χ4v) is 4.15. The average molecular weight is 422 g/mol. The molecule has 0 aliphatic carbocycles. The Kier molecular flexibility index (Phi) is 5.85.